The first-order valence-electron chi connectivity index (χ1n) is 10.2. The van der Waals surface area contributed by atoms with Gasteiger partial charge in [0.05, 0.1) is 19.2 Å². The quantitative estimate of drug-likeness (QED) is 0.367. The number of nitrogens with zero attached hydrogens (tertiary/aromatic N) is 4. The highest BCUT2D eigenvalue weighted by atomic mass is 16.5. The van der Waals surface area contributed by atoms with E-state index in [4.69, 9.17) is 20.5 Å². The van der Waals surface area contributed by atoms with Crippen molar-refractivity contribution in [3.8, 4) is 12.1 Å². The summed E-state index contributed by atoms with van der Waals surface area (Å²) in [5, 5.41) is 11.9. The van der Waals surface area contributed by atoms with Gasteiger partial charge in [-0.15, -0.1) is 0 Å². The Morgan fingerprint density at radius 3 is 2.71 bits per heavy atom. The van der Waals surface area contributed by atoms with Crippen LogP contribution in [0.1, 0.15) is 24.0 Å². The average molecular weight is 425 g/mol. The molecule has 31 heavy (non-hydrogen) atoms. The summed E-state index contributed by atoms with van der Waals surface area (Å²) < 4.78 is 11.9. The van der Waals surface area contributed by atoms with E-state index in [0.717, 1.165) is 31.5 Å². The maximum absolute atomic E-state index is 12.5. The number of nitriles is 1. The monoisotopic (exact) mass is 425 g/mol. The van der Waals surface area contributed by atoms with Gasteiger partial charge in [-0.05, 0) is 37.1 Å². The van der Waals surface area contributed by atoms with Gasteiger partial charge in [0.1, 0.15) is 12.1 Å². The number of ether oxygens (including phenoxy) is 2. The van der Waals surface area contributed by atoms with Gasteiger partial charge in [-0.25, -0.2) is 4.79 Å². The van der Waals surface area contributed by atoms with E-state index in [1.54, 1.807) is 7.11 Å². The van der Waals surface area contributed by atoms with Gasteiger partial charge in [0.25, 0.3) is 0 Å². The summed E-state index contributed by atoms with van der Waals surface area (Å²) in [7, 11) is 1.57. The van der Waals surface area contributed by atoms with Crippen LogP contribution in [-0.4, -0.2) is 52.9 Å². The van der Waals surface area contributed by atoms with E-state index in [9.17, 15) is 4.79 Å². The number of anilines is 1. The third kappa shape index (κ3) is 6.04. The summed E-state index contributed by atoms with van der Waals surface area (Å²) in [5.74, 6) is 0.158. The van der Waals surface area contributed by atoms with E-state index in [2.05, 4.69) is 38.5 Å². The van der Waals surface area contributed by atoms with E-state index in [-0.39, 0.29) is 24.1 Å². The van der Waals surface area contributed by atoms with Gasteiger partial charge >= 0.3 is 11.7 Å². The molecule has 1 aromatic carbocycles. The molecule has 0 spiro atoms. The molecule has 164 valence electrons. The molecular formula is C21H27N7O3. The number of aromatic nitrogens is 4. The molecule has 2 heterocycles. The van der Waals surface area contributed by atoms with E-state index in [1.165, 1.54) is 10.1 Å². The van der Waals surface area contributed by atoms with Gasteiger partial charge in [0.2, 0.25) is 0 Å². The summed E-state index contributed by atoms with van der Waals surface area (Å²) >= 11 is 0. The maximum Gasteiger partial charge on any atom is 0.328 e. The van der Waals surface area contributed by atoms with Crippen LogP contribution in [0.25, 0.3) is 11.2 Å². The Labute approximate surface area is 180 Å². The number of H-pyrrole nitrogens is 1. The Balaban J connectivity index is 1.67. The molecule has 3 rings (SSSR count). The van der Waals surface area contributed by atoms with E-state index < -0.39 is 0 Å². The fourth-order valence-corrected chi connectivity index (χ4v) is 3.10. The van der Waals surface area contributed by atoms with E-state index in [1.807, 2.05) is 12.1 Å². The number of rotatable bonds is 12. The minimum Gasteiger partial charge on any atom is -0.461 e. The molecule has 0 saturated carbocycles. The van der Waals surface area contributed by atoms with Gasteiger partial charge in [-0.2, -0.15) is 15.2 Å². The smallest absolute Gasteiger partial charge is 0.328 e. The van der Waals surface area contributed by atoms with Gasteiger partial charge in [0, 0.05) is 13.5 Å². The highest BCUT2D eigenvalue weighted by Crippen LogP contribution is 2.18. The molecule has 2 aromatic heterocycles. The molecule has 10 nitrogen and oxygen atoms in total. The molecule has 0 aliphatic carbocycles. The normalized spacial score (nSPS) is 11.0. The molecule has 0 amide bonds. The Bertz CT molecular complexity index is 1080. The fourth-order valence-electron chi connectivity index (χ4n) is 3.10. The van der Waals surface area contributed by atoms with Crippen molar-refractivity contribution in [2.45, 2.75) is 25.8 Å². The van der Waals surface area contributed by atoms with Crippen molar-refractivity contribution in [3.63, 3.8) is 0 Å². The van der Waals surface area contributed by atoms with Crippen molar-refractivity contribution >= 4 is 17.0 Å². The number of nitrogen functional groups attached to an aromatic ring is 1. The third-order valence-corrected chi connectivity index (χ3v) is 4.75. The largest absolute Gasteiger partial charge is 0.461 e. The molecule has 0 unspecified atom stereocenters. The Kier molecular flexibility index (Phi) is 7.98. The van der Waals surface area contributed by atoms with Gasteiger partial charge < -0.3 is 25.5 Å². The number of methoxy groups -OCH3 is 1. The first-order valence-corrected chi connectivity index (χ1v) is 10.2. The van der Waals surface area contributed by atoms with E-state index >= 15 is 0 Å². The molecular weight excluding hydrogens is 398 g/mol. The minimum absolute atomic E-state index is 0.104. The second-order valence-electron chi connectivity index (χ2n) is 7.03. The van der Waals surface area contributed by atoms with Crippen molar-refractivity contribution in [3.05, 3.63) is 45.9 Å². The van der Waals surface area contributed by atoms with Crippen LogP contribution in [0.3, 0.4) is 0 Å². The number of fused-ring (bicyclic) bond motifs is 1. The van der Waals surface area contributed by atoms with Crippen LogP contribution in [0, 0.1) is 11.3 Å². The molecule has 0 fully saturated rings. The summed E-state index contributed by atoms with van der Waals surface area (Å²) in [6.07, 6.45) is 2.33. The van der Waals surface area contributed by atoms with Gasteiger partial charge in [-0.3, -0.25) is 4.57 Å². The standard InChI is InChI=1S/C21H27N7O3/c1-30-12-13-31-20-26-18(23)17-19(27-20)28(21(29)25-17)14-16-6-4-15(5-7-16)8-11-24-10-3-2-9-22/h4-7,24H,2-3,8,10-14H2,1H3,(H,25,29)(H2,23,26,27). The highest BCUT2D eigenvalue weighted by Gasteiger charge is 2.15. The molecule has 0 bridgehead atoms. The first kappa shape index (κ1) is 22.3. The number of hydrogen-bond donors (Lipinski definition) is 3. The molecule has 4 N–H and O–H groups in total. The third-order valence-electron chi connectivity index (χ3n) is 4.75. The SMILES string of the molecule is COCCOc1nc(N)c2[nH]c(=O)n(Cc3ccc(CCNCCCC#N)cc3)c2n1. The van der Waals surface area contributed by atoms with Crippen LogP contribution in [0.5, 0.6) is 6.01 Å². The Hall–Kier alpha value is -3.42. The van der Waals surface area contributed by atoms with Gasteiger partial charge in [0.15, 0.2) is 11.5 Å². The number of unbranched alkanes of at least 4 members (excludes halogenated alkanes) is 1. The lowest BCUT2D eigenvalue weighted by molar-refractivity contribution is 0.141. The van der Waals surface area contributed by atoms with Crippen molar-refractivity contribution < 1.29 is 9.47 Å². The topological polar surface area (TPSA) is 144 Å². The predicted molar refractivity (Wildman–Crippen MR) is 117 cm³/mol. The lowest BCUT2D eigenvalue weighted by Crippen LogP contribution is -2.19. The van der Waals surface area contributed by atoms with Gasteiger partial charge in [-0.1, -0.05) is 24.3 Å². The number of hydrogen-bond acceptors (Lipinski definition) is 8. The lowest BCUT2D eigenvalue weighted by Gasteiger charge is -2.08. The number of nitrogens with one attached hydrogen (secondary N) is 2. The summed E-state index contributed by atoms with van der Waals surface area (Å²) in [6, 6.07) is 10.3. The molecule has 0 aliphatic rings. The van der Waals surface area contributed by atoms with Crippen LogP contribution in [0.2, 0.25) is 0 Å². The van der Waals surface area contributed by atoms with Crippen molar-refractivity contribution in [2.24, 2.45) is 0 Å². The predicted octanol–water partition coefficient (Wildman–Crippen LogP) is 1.21. The van der Waals surface area contributed by atoms with E-state index in [0.29, 0.717) is 30.7 Å². The zero-order valence-electron chi connectivity index (χ0n) is 17.6. The zero-order chi connectivity index (χ0) is 22.1. The zero-order valence-corrected chi connectivity index (χ0v) is 17.6. The van der Waals surface area contributed by atoms with Crippen LogP contribution in [0.4, 0.5) is 5.82 Å². The van der Waals surface area contributed by atoms with Crippen molar-refractivity contribution in [1.82, 2.24) is 24.8 Å². The minimum atomic E-state index is -0.310. The second-order valence-corrected chi connectivity index (χ2v) is 7.03. The van der Waals surface area contributed by atoms with Crippen LogP contribution in [0.15, 0.2) is 29.1 Å². The number of imidazole rings is 1. The second kappa shape index (κ2) is 11.1. The molecule has 0 radical (unpaired) electrons. The number of benzene rings is 1. The number of nitrogens with two attached hydrogens (primary N) is 1. The summed E-state index contributed by atoms with van der Waals surface area (Å²) in [6.45, 7) is 2.72. The first-order chi connectivity index (χ1) is 15.1. The number of aromatic amines is 1. The molecule has 3 aromatic rings. The molecule has 10 heteroatoms. The highest BCUT2D eigenvalue weighted by molar-refractivity contribution is 5.81. The van der Waals surface area contributed by atoms with Crippen LogP contribution < -0.4 is 21.5 Å². The maximum atomic E-state index is 12.5. The van der Waals surface area contributed by atoms with Crippen LogP contribution >= 0.6 is 0 Å². The molecule has 0 atom stereocenters. The van der Waals surface area contributed by atoms with Crippen molar-refractivity contribution in [1.29, 1.82) is 5.26 Å². The Morgan fingerprint density at radius 1 is 1.19 bits per heavy atom. The average Bonchev–Trinajstić information content (AvgIpc) is 3.08. The van der Waals surface area contributed by atoms with Crippen LogP contribution in [-0.2, 0) is 17.7 Å². The van der Waals surface area contributed by atoms with Crippen molar-refractivity contribution in [2.75, 3.05) is 39.1 Å². The Morgan fingerprint density at radius 2 is 1.97 bits per heavy atom. The molecule has 0 aliphatic heterocycles. The summed E-state index contributed by atoms with van der Waals surface area (Å²) in [5.41, 5.74) is 8.62. The lowest BCUT2D eigenvalue weighted by atomic mass is 10.1. The molecule has 0 saturated heterocycles. The summed E-state index contributed by atoms with van der Waals surface area (Å²) in [4.78, 5) is 23.6. The fraction of sp³-hybridized carbons (Fsp3) is 0.429.